The average molecular weight is 454 g/mol. The van der Waals surface area contributed by atoms with E-state index in [1.807, 2.05) is 19.1 Å². The highest BCUT2D eigenvalue weighted by Gasteiger charge is 2.14. The molecule has 0 bridgehead atoms. The summed E-state index contributed by atoms with van der Waals surface area (Å²) in [5, 5.41) is 5.32. The van der Waals surface area contributed by atoms with Gasteiger partial charge in [0.15, 0.2) is 6.61 Å². The molecule has 0 aromatic heterocycles. The zero-order valence-corrected chi connectivity index (χ0v) is 18.4. The number of carbonyl (C=O) groups is 2. The normalized spacial score (nSPS) is 10.8. The summed E-state index contributed by atoms with van der Waals surface area (Å²) < 4.78 is 33.0. The highest BCUT2D eigenvalue weighted by atomic mass is 32.2. The van der Waals surface area contributed by atoms with Crippen LogP contribution >= 0.6 is 0 Å². The number of rotatable bonds is 8. The van der Waals surface area contributed by atoms with E-state index < -0.39 is 10.0 Å². The van der Waals surface area contributed by atoms with Crippen molar-refractivity contribution < 1.29 is 22.7 Å². The van der Waals surface area contributed by atoms with Gasteiger partial charge in [0, 0.05) is 24.0 Å². The van der Waals surface area contributed by atoms with Crippen LogP contribution in [0.3, 0.4) is 0 Å². The van der Waals surface area contributed by atoms with E-state index in [0.29, 0.717) is 22.8 Å². The van der Waals surface area contributed by atoms with Gasteiger partial charge in [-0.25, -0.2) is 8.42 Å². The standard InChI is InChI=1S/C23H23N3O5S/c1-16-3-5-20(6-4-16)26-32(29,30)22-13-11-21(12-14-22)31-15-23(28)25-19-9-7-18(8-10-19)24-17(2)27/h3-14,26H,15H2,1-2H3,(H,24,27)(H,25,28). The summed E-state index contributed by atoms with van der Waals surface area (Å²) in [5.74, 6) is -0.203. The molecule has 0 aliphatic rings. The van der Waals surface area contributed by atoms with Crippen LogP contribution in [0.2, 0.25) is 0 Å². The van der Waals surface area contributed by atoms with E-state index in [9.17, 15) is 18.0 Å². The molecule has 8 nitrogen and oxygen atoms in total. The van der Waals surface area contributed by atoms with Crippen molar-refractivity contribution in [2.24, 2.45) is 0 Å². The number of sulfonamides is 1. The Labute approximate surface area is 186 Å². The maximum atomic E-state index is 12.5. The summed E-state index contributed by atoms with van der Waals surface area (Å²) in [6.45, 7) is 3.08. The second-order valence-electron chi connectivity index (χ2n) is 7.04. The molecule has 0 spiro atoms. The first-order valence-electron chi connectivity index (χ1n) is 9.71. The van der Waals surface area contributed by atoms with Gasteiger partial charge in [0.25, 0.3) is 15.9 Å². The van der Waals surface area contributed by atoms with Crippen LogP contribution in [0.15, 0.2) is 77.7 Å². The quantitative estimate of drug-likeness (QED) is 0.480. The molecule has 0 atom stereocenters. The topological polar surface area (TPSA) is 114 Å². The van der Waals surface area contributed by atoms with Crippen LogP contribution < -0.4 is 20.1 Å². The summed E-state index contributed by atoms with van der Waals surface area (Å²) in [7, 11) is -3.74. The third kappa shape index (κ3) is 6.58. The molecule has 9 heteroatoms. The van der Waals surface area contributed by atoms with Crippen LogP contribution in [0.4, 0.5) is 17.1 Å². The molecule has 166 valence electrons. The monoisotopic (exact) mass is 453 g/mol. The number of aryl methyl sites for hydroxylation is 1. The minimum atomic E-state index is -3.74. The van der Waals surface area contributed by atoms with Gasteiger partial charge >= 0.3 is 0 Å². The molecule has 0 aliphatic heterocycles. The molecule has 0 unspecified atom stereocenters. The first kappa shape index (κ1) is 22.8. The smallest absolute Gasteiger partial charge is 0.262 e. The average Bonchev–Trinajstić information content (AvgIpc) is 2.75. The maximum absolute atomic E-state index is 12.5. The summed E-state index contributed by atoms with van der Waals surface area (Å²) in [4.78, 5) is 23.2. The van der Waals surface area contributed by atoms with Crippen LogP contribution in [0.5, 0.6) is 5.75 Å². The van der Waals surface area contributed by atoms with E-state index >= 15 is 0 Å². The van der Waals surface area contributed by atoms with Gasteiger partial charge in [-0.3, -0.25) is 14.3 Å². The Bertz CT molecular complexity index is 1190. The molecular weight excluding hydrogens is 430 g/mol. The number of ether oxygens (including phenoxy) is 1. The molecule has 0 radical (unpaired) electrons. The molecule has 2 amide bonds. The lowest BCUT2D eigenvalue weighted by molar-refractivity contribution is -0.118. The number of benzene rings is 3. The Morgan fingerprint density at radius 2 is 1.31 bits per heavy atom. The fourth-order valence-electron chi connectivity index (χ4n) is 2.74. The Hall–Kier alpha value is -3.85. The van der Waals surface area contributed by atoms with Crippen molar-refractivity contribution in [1.29, 1.82) is 0 Å². The van der Waals surface area contributed by atoms with Gasteiger partial charge in [-0.1, -0.05) is 17.7 Å². The molecule has 0 aliphatic carbocycles. The lowest BCUT2D eigenvalue weighted by Gasteiger charge is -2.10. The zero-order valence-electron chi connectivity index (χ0n) is 17.6. The fraction of sp³-hybridized carbons (Fsp3) is 0.130. The second-order valence-corrected chi connectivity index (χ2v) is 8.72. The van der Waals surface area contributed by atoms with Gasteiger partial charge in [-0.15, -0.1) is 0 Å². The Kier molecular flexibility index (Phi) is 7.11. The van der Waals surface area contributed by atoms with E-state index in [0.717, 1.165) is 5.56 Å². The molecule has 32 heavy (non-hydrogen) atoms. The van der Waals surface area contributed by atoms with Crippen molar-refractivity contribution in [1.82, 2.24) is 0 Å². The highest BCUT2D eigenvalue weighted by molar-refractivity contribution is 7.92. The Morgan fingerprint density at radius 1 is 0.781 bits per heavy atom. The first-order valence-corrected chi connectivity index (χ1v) is 11.2. The van der Waals surface area contributed by atoms with Crippen LogP contribution in [0.1, 0.15) is 12.5 Å². The van der Waals surface area contributed by atoms with E-state index in [2.05, 4.69) is 15.4 Å². The number of anilines is 3. The van der Waals surface area contributed by atoms with E-state index in [-0.39, 0.29) is 23.3 Å². The predicted octanol–water partition coefficient (Wildman–Crippen LogP) is 3.77. The van der Waals surface area contributed by atoms with Crippen LogP contribution in [0.25, 0.3) is 0 Å². The van der Waals surface area contributed by atoms with Gasteiger partial charge in [-0.05, 0) is 67.6 Å². The number of hydrogen-bond donors (Lipinski definition) is 3. The van der Waals surface area contributed by atoms with Gasteiger partial charge < -0.3 is 15.4 Å². The van der Waals surface area contributed by atoms with Crippen molar-refractivity contribution in [3.63, 3.8) is 0 Å². The van der Waals surface area contributed by atoms with Crippen LogP contribution in [-0.4, -0.2) is 26.8 Å². The SMILES string of the molecule is CC(=O)Nc1ccc(NC(=O)COc2ccc(S(=O)(=O)Nc3ccc(C)cc3)cc2)cc1. The minimum Gasteiger partial charge on any atom is -0.484 e. The van der Waals surface area contributed by atoms with Crippen molar-refractivity contribution in [3.05, 3.63) is 78.4 Å². The maximum Gasteiger partial charge on any atom is 0.262 e. The summed E-state index contributed by atoms with van der Waals surface area (Å²) in [6, 6.07) is 19.5. The Morgan fingerprint density at radius 3 is 1.88 bits per heavy atom. The molecule has 0 heterocycles. The molecule has 3 rings (SSSR count). The molecule has 0 fully saturated rings. The molecule has 3 aromatic rings. The largest absolute Gasteiger partial charge is 0.484 e. The number of amides is 2. The van der Waals surface area contributed by atoms with Crippen LogP contribution in [-0.2, 0) is 19.6 Å². The minimum absolute atomic E-state index is 0.0779. The van der Waals surface area contributed by atoms with Crippen molar-refractivity contribution in [2.45, 2.75) is 18.7 Å². The van der Waals surface area contributed by atoms with Gasteiger partial charge in [0.05, 0.1) is 4.90 Å². The zero-order chi connectivity index (χ0) is 23.1. The predicted molar refractivity (Wildman–Crippen MR) is 123 cm³/mol. The van der Waals surface area contributed by atoms with Crippen LogP contribution in [0, 0.1) is 6.92 Å². The highest BCUT2D eigenvalue weighted by Crippen LogP contribution is 2.20. The van der Waals surface area contributed by atoms with Crippen molar-refractivity contribution in [2.75, 3.05) is 22.0 Å². The molecule has 3 N–H and O–H groups in total. The Balaban J connectivity index is 1.53. The van der Waals surface area contributed by atoms with Crippen molar-refractivity contribution in [3.8, 4) is 5.75 Å². The first-order chi connectivity index (χ1) is 15.2. The summed E-state index contributed by atoms with van der Waals surface area (Å²) >= 11 is 0. The van der Waals surface area contributed by atoms with Crippen molar-refractivity contribution >= 4 is 38.9 Å². The fourth-order valence-corrected chi connectivity index (χ4v) is 3.80. The third-order valence-electron chi connectivity index (χ3n) is 4.30. The number of nitrogens with one attached hydrogen (secondary N) is 3. The number of carbonyl (C=O) groups excluding carboxylic acids is 2. The third-order valence-corrected chi connectivity index (χ3v) is 5.69. The molecule has 0 saturated carbocycles. The van der Waals surface area contributed by atoms with Gasteiger partial charge in [0.1, 0.15) is 5.75 Å². The summed E-state index contributed by atoms with van der Waals surface area (Å²) in [5.41, 5.74) is 2.67. The van der Waals surface area contributed by atoms with E-state index in [1.165, 1.54) is 31.2 Å². The number of hydrogen-bond acceptors (Lipinski definition) is 5. The lowest BCUT2D eigenvalue weighted by atomic mass is 10.2. The van der Waals surface area contributed by atoms with E-state index in [1.54, 1.807) is 36.4 Å². The molecule has 0 saturated heterocycles. The second kappa shape index (κ2) is 9.97. The van der Waals surface area contributed by atoms with Gasteiger partial charge in [0.2, 0.25) is 5.91 Å². The lowest BCUT2D eigenvalue weighted by Crippen LogP contribution is -2.20. The summed E-state index contributed by atoms with van der Waals surface area (Å²) in [6.07, 6.45) is 0. The van der Waals surface area contributed by atoms with Gasteiger partial charge in [-0.2, -0.15) is 0 Å². The molecule has 3 aromatic carbocycles. The molecular formula is C23H23N3O5S. The van der Waals surface area contributed by atoms with E-state index in [4.69, 9.17) is 4.74 Å².